The smallest absolute Gasteiger partial charge is 0.159 e. The second-order valence-corrected chi connectivity index (χ2v) is 7.56. The first-order valence-electron chi connectivity index (χ1n) is 11.7. The summed E-state index contributed by atoms with van der Waals surface area (Å²) in [7, 11) is 5.04. The van der Waals surface area contributed by atoms with Gasteiger partial charge >= 0.3 is 0 Å². The Balaban J connectivity index is 1.56. The van der Waals surface area contributed by atoms with Gasteiger partial charge in [-0.05, 0) is 32.2 Å². The molecule has 0 unspecified atom stereocenters. The summed E-state index contributed by atoms with van der Waals surface area (Å²) in [5.74, 6) is 1.84. The fraction of sp³-hybridized carbons (Fsp3) is 0.304. The van der Waals surface area contributed by atoms with Crippen LogP contribution in [0.2, 0.25) is 0 Å². The molecule has 0 spiro atoms. The lowest BCUT2D eigenvalue weighted by atomic mass is 10.1. The van der Waals surface area contributed by atoms with Gasteiger partial charge in [-0.25, -0.2) is 9.97 Å². The Hall–Kier alpha value is -3.72. The number of nitrogens with two attached hydrogens (primary N) is 1. The lowest BCUT2D eigenvalue weighted by Gasteiger charge is -2.24. The van der Waals surface area contributed by atoms with E-state index in [1.54, 1.807) is 31.1 Å². The molecule has 9 heteroatoms. The van der Waals surface area contributed by atoms with Crippen LogP contribution in [-0.4, -0.2) is 71.1 Å². The molecule has 166 valence electrons. The molecule has 4 aromatic rings. The number of ether oxygens (including phenoxy) is 1. The zero-order valence-electron chi connectivity index (χ0n) is 21.4. The number of methoxy groups -OCH3 is 1. The molecule has 2 N–H and O–H groups in total. The summed E-state index contributed by atoms with van der Waals surface area (Å²) in [5.41, 5.74) is 10.2. The molecule has 32 heavy (non-hydrogen) atoms. The predicted molar refractivity (Wildman–Crippen MR) is 126 cm³/mol. The van der Waals surface area contributed by atoms with Crippen LogP contribution in [0.1, 0.15) is 15.5 Å². The molecule has 0 bridgehead atoms. The van der Waals surface area contributed by atoms with E-state index >= 15 is 0 Å². The lowest BCUT2D eigenvalue weighted by molar-refractivity contribution is 0.409. The molecular weight excluding hydrogens is 404 g/mol. The molecule has 0 radical (unpaired) electrons. The molecule has 0 aliphatic rings. The largest absolute Gasteiger partial charge is 0.496 e. The molecule has 0 saturated heterocycles. The van der Waals surface area contributed by atoms with Gasteiger partial charge in [0.1, 0.15) is 17.1 Å². The van der Waals surface area contributed by atoms with Crippen molar-refractivity contribution in [3.05, 3.63) is 60.0 Å². The van der Waals surface area contributed by atoms with Crippen molar-refractivity contribution >= 4 is 22.4 Å². The highest BCUT2D eigenvalue weighted by atomic mass is 16.5. The van der Waals surface area contributed by atoms with Gasteiger partial charge in [0, 0.05) is 54.6 Å². The minimum Gasteiger partial charge on any atom is -0.496 e. The predicted octanol–water partition coefficient (Wildman–Crippen LogP) is 2.39. The fourth-order valence-electron chi connectivity index (χ4n) is 3.51. The van der Waals surface area contributed by atoms with Crippen molar-refractivity contribution in [2.45, 2.75) is 6.42 Å². The minimum absolute atomic E-state index is 0.355. The fourth-order valence-corrected chi connectivity index (χ4v) is 3.51. The van der Waals surface area contributed by atoms with Crippen molar-refractivity contribution < 1.29 is 8.85 Å². The molecule has 4 rings (SSSR count). The van der Waals surface area contributed by atoms with Crippen molar-refractivity contribution in [2.24, 2.45) is 0 Å². The number of para-hydroxylation sites is 1. The van der Waals surface area contributed by atoms with E-state index in [-0.39, 0.29) is 0 Å². The number of likely N-dealkylation sites (N-methyl/N-ethyl adjacent to an activating group) is 2. The van der Waals surface area contributed by atoms with E-state index in [0.717, 1.165) is 22.3 Å². The van der Waals surface area contributed by atoms with Gasteiger partial charge in [-0.2, -0.15) is 4.68 Å². The molecule has 2 aromatic heterocycles. The van der Waals surface area contributed by atoms with Gasteiger partial charge in [-0.1, -0.05) is 17.3 Å². The Morgan fingerprint density at radius 3 is 2.81 bits per heavy atom. The second-order valence-electron chi connectivity index (χ2n) is 7.56. The van der Waals surface area contributed by atoms with Gasteiger partial charge in [0.2, 0.25) is 0 Å². The summed E-state index contributed by atoms with van der Waals surface area (Å²) in [6, 6.07) is 13.2. The van der Waals surface area contributed by atoms with E-state index in [1.807, 2.05) is 48.3 Å². The van der Waals surface area contributed by atoms with Gasteiger partial charge in [-0.3, -0.25) is 0 Å². The number of hydrogen-bond donors (Lipinski definition) is 1. The van der Waals surface area contributed by atoms with E-state index < -0.39 is 6.98 Å². The van der Waals surface area contributed by atoms with Crippen LogP contribution >= 0.6 is 0 Å². The third-order valence-electron chi connectivity index (χ3n) is 5.22. The van der Waals surface area contributed by atoms with Crippen molar-refractivity contribution in [1.82, 2.24) is 29.9 Å². The number of hydrogen-bond acceptors (Lipinski definition) is 8. The van der Waals surface area contributed by atoms with Crippen molar-refractivity contribution in [1.29, 1.82) is 0 Å². The monoisotopic (exact) mass is 435 g/mol. The van der Waals surface area contributed by atoms with Crippen LogP contribution in [0.5, 0.6) is 5.75 Å². The van der Waals surface area contributed by atoms with Gasteiger partial charge in [-0.15, -0.1) is 5.10 Å². The zero-order chi connectivity index (χ0) is 25.2. The highest BCUT2D eigenvalue weighted by Gasteiger charge is 2.15. The molecule has 0 saturated carbocycles. The third-order valence-corrected chi connectivity index (χ3v) is 5.22. The van der Waals surface area contributed by atoms with Gasteiger partial charge < -0.3 is 20.3 Å². The molecule has 9 nitrogen and oxygen atoms in total. The lowest BCUT2D eigenvalue weighted by Crippen LogP contribution is -2.29. The van der Waals surface area contributed by atoms with E-state index in [0.29, 0.717) is 42.6 Å². The highest BCUT2D eigenvalue weighted by Crippen LogP contribution is 2.32. The minimum atomic E-state index is -2.14. The molecular formula is C23H28N8O. The Morgan fingerprint density at radius 2 is 2.00 bits per heavy atom. The van der Waals surface area contributed by atoms with Crippen molar-refractivity contribution in [2.75, 3.05) is 51.9 Å². The summed E-state index contributed by atoms with van der Waals surface area (Å²) in [6.07, 6.45) is 2.09. The first-order chi connectivity index (χ1) is 16.7. The Morgan fingerprint density at radius 1 is 1.16 bits per heavy atom. The first kappa shape index (κ1) is 17.9. The summed E-state index contributed by atoms with van der Waals surface area (Å²) < 4.78 is 29.8. The molecule has 0 fully saturated rings. The summed E-state index contributed by atoms with van der Waals surface area (Å²) in [6.45, 7) is -1.30. The van der Waals surface area contributed by atoms with Gasteiger partial charge in [0.05, 0.1) is 24.0 Å². The number of anilines is 2. The summed E-state index contributed by atoms with van der Waals surface area (Å²) in [5, 5.41) is 8.42. The number of benzene rings is 2. The SMILES string of the molecule is [2H]C([2H])([2H])N(C)CCN(C)c1cc(OC)c(Cc2nccc(-n3nnc4ccccc43)n2)cc1N. The van der Waals surface area contributed by atoms with E-state index in [1.165, 1.54) is 4.90 Å². The van der Waals surface area contributed by atoms with Crippen LogP contribution in [0.25, 0.3) is 16.9 Å². The average molecular weight is 436 g/mol. The van der Waals surface area contributed by atoms with E-state index in [9.17, 15) is 0 Å². The second kappa shape index (κ2) is 9.19. The van der Waals surface area contributed by atoms with Crippen LogP contribution in [0.3, 0.4) is 0 Å². The number of nitrogen functional groups attached to an aromatic ring is 1. The molecule has 0 amide bonds. The summed E-state index contributed by atoms with van der Waals surface area (Å²) >= 11 is 0. The van der Waals surface area contributed by atoms with Gasteiger partial charge in [0.25, 0.3) is 0 Å². The number of nitrogens with zero attached hydrogens (tertiary/aromatic N) is 7. The Kier molecular flexibility index (Phi) is 5.14. The highest BCUT2D eigenvalue weighted by molar-refractivity contribution is 5.75. The van der Waals surface area contributed by atoms with Crippen LogP contribution in [-0.2, 0) is 6.42 Å². The van der Waals surface area contributed by atoms with Gasteiger partial charge in [0.15, 0.2) is 5.82 Å². The average Bonchev–Trinajstić information content (AvgIpc) is 3.26. The van der Waals surface area contributed by atoms with Crippen molar-refractivity contribution in [3.63, 3.8) is 0 Å². The maximum atomic E-state index is 7.50. The number of fused-ring (bicyclic) bond motifs is 1. The van der Waals surface area contributed by atoms with Crippen LogP contribution < -0.4 is 15.4 Å². The van der Waals surface area contributed by atoms with Crippen molar-refractivity contribution in [3.8, 4) is 11.6 Å². The maximum Gasteiger partial charge on any atom is 0.159 e. The van der Waals surface area contributed by atoms with E-state index in [2.05, 4.69) is 20.3 Å². The Bertz CT molecular complexity index is 1320. The molecule has 0 atom stereocenters. The van der Waals surface area contributed by atoms with Crippen LogP contribution in [0, 0.1) is 0 Å². The standard InChI is InChI=1S/C23H28N8O/c1-29(2)11-12-30(3)20-15-21(32-4)16(13-17(20)24)14-22-25-10-9-23(26-22)31-19-8-6-5-7-18(19)27-28-31/h5-10,13,15H,11-12,14,24H2,1-4H3/i1D3. The maximum absolute atomic E-state index is 7.50. The van der Waals surface area contributed by atoms with Crippen LogP contribution in [0.15, 0.2) is 48.7 Å². The molecule has 2 heterocycles. The number of aromatic nitrogens is 5. The third kappa shape index (κ3) is 4.47. The molecule has 2 aromatic carbocycles. The topological polar surface area (TPSA) is 98.2 Å². The molecule has 0 aliphatic carbocycles. The number of rotatable bonds is 8. The quantitative estimate of drug-likeness (QED) is 0.421. The van der Waals surface area contributed by atoms with Crippen LogP contribution in [0.4, 0.5) is 11.4 Å². The normalized spacial score (nSPS) is 13.1. The molecule has 0 aliphatic heterocycles. The first-order valence-corrected chi connectivity index (χ1v) is 10.2. The zero-order valence-corrected chi connectivity index (χ0v) is 18.4. The Labute approximate surface area is 191 Å². The summed E-state index contributed by atoms with van der Waals surface area (Å²) in [4.78, 5) is 12.3. The van der Waals surface area contributed by atoms with E-state index in [4.69, 9.17) is 14.6 Å².